The predicted molar refractivity (Wildman–Crippen MR) is 388 cm³/mol. The Labute approximate surface area is 637 Å². The van der Waals surface area contributed by atoms with Gasteiger partial charge < -0.3 is 80.4 Å². The van der Waals surface area contributed by atoms with Gasteiger partial charge in [0.25, 0.3) is 47.3 Å². The van der Waals surface area contributed by atoms with Crippen molar-refractivity contribution in [3.8, 4) is 0 Å². The summed E-state index contributed by atoms with van der Waals surface area (Å²) >= 11 is 0. The smallest absolute Gasteiger partial charge is 0.253 e. The average Bonchev–Trinajstić information content (AvgIpc) is 1.69. The van der Waals surface area contributed by atoms with Crippen molar-refractivity contribution in [1.82, 2.24) is 71.9 Å². The summed E-state index contributed by atoms with van der Waals surface area (Å²) in [6.07, 6.45) is 9.40. The van der Waals surface area contributed by atoms with E-state index in [-0.39, 0.29) is 283 Å². The molecule has 0 spiro atoms. The van der Waals surface area contributed by atoms with Crippen LogP contribution in [-0.2, 0) is 128 Å². The Morgan fingerprint density at radius 2 is 0.409 bits per heavy atom. The van der Waals surface area contributed by atoms with E-state index in [1.54, 1.807) is 0 Å². The highest BCUT2D eigenvalue weighted by Gasteiger charge is 2.27. The van der Waals surface area contributed by atoms with E-state index < -0.39 is 47.3 Å². The number of carbonyl (C=O) groups excluding carboxylic acids is 16. The van der Waals surface area contributed by atoms with Crippen LogP contribution in [0.5, 0.6) is 0 Å². The van der Waals surface area contributed by atoms with Crippen LogP contribution >= 0.6 is 0 Å². The molecule has 0 fully saturated rings. The van der Waals surface area contributed by atoms with Crippen LogP contribution in [0.3, 0.4) is 0 Å². The maximum atomic E-state index is 12.9. The zero-order valence-corrected chi connectivity index (χ0v) is 62.1. The van der Waals surface area contributed by atoms with Gasteiger partial charge in [-0.25, -0.2) is 0 Å². The number of rotatable bonds is 64. The largest absolute Gasteiger partial charge is 0.379 e. The van der Waals surface area contributed by atoms with Crippen LogP contribution in [0.15, 0.2) is 72.9 Å². The molecule has 1 aromatic rings. The van der Waals surface area contributed by atoms with E-state index in [2.05, 4.69) is 52.3 Å². The van der Waals surface area contributed by atoms with Crippen molar-refractivity contribution in [1.29, 1.82) is 0 Å². The summed E-state index contributed by atoms with van der Waals surface area (Å²) in [5.41, 5.74) is 1.87. The number of amides is 16. The molecule has 0 unspecified atom stereocenters. The highest BCUT2D eigenvalue weighted by Crippen LogP contribution is 2.12. The molecule has 0 saturated carbocycles. The summed E-state index contributed by atoms with van der Waals surface area (Å²) in [6.45, 7) is 7.34. The minimum atomic E-state index is -0.459. The van der Waals surface area contributed by atoms with Crippen molar-refractivity contribution in [2.45, 2.75) is 64.5 Å². The molecule has 16 amide bonds. The Hall–Kier alpha value is -9.90. The fourth-order valence-electron chi connectivity index (χ4n) is 10.4. The second-order valence-corrected chi connectivity index (χ2v) is 24.7. The molecule has 0 bridgehead atoms. The predicted octanol–water partition coefficient (Wildman–Crippen LogP) is -4.83. The van der Waals surface area contributed by atoms with Gasteiger partial charge in [-0.2, -0.15) is 0 Å². The zero-order valence-electron chi connectivity index (χ0n) is 62.1. The number of ether oxygens (including phenoxy) is 8. The van der Waals surface area contributed by atoms with Crippen molar-refractivity contribution in [2.75, 3.05) is 210 Å². The quantitative estimate of drug-likeness (QED) is 0.0224. The van der Waals surface area contributed by atoms with E-state index in [0.717, 1.165) is 79.3 Å². The molecule has 0 aliphatic carbocycles. The van der Waals surface area contributed by atoms with Gasteiger partial charge in [0.15, 0.2) is 0 Å². The van der Waals surface area contributed by atoms with Crippen LogP contribution in [0.4, 0.5) is 0 Å². The Bertz CT molecular complexity index is 2860. The van der Waals surface area contributed by atoms with Gasteiger partial charge in [0.2, 0.25) is 47.3 Å². The molecule has 4 aliphatic rings. The van der Waals surface area contributed by atoms with E-state index in [1.165, 1.54) is 0 Å². The highest BCUT2D eigenvalue weighted by molar-refractivity contribution is 6.15. The topological polar surface area (TPSA) is 463 Å². The third-order valence-electron chi connectivity index (χ3n) is 16.3. The summed E-state index contributed by atoms with van der Waals surface area (Å²) in [4.78, 5) is 202. The van der Waals surface area contributed by atoms with E-state index in [1.807, 2.05) is 24.3 Å². The lowest BCUT2D eigenvalue weighted by atomic mass is 10.1. The Morgan fingerprint density at radius 3 is 0.609 bits per heavy atom. The SMILES string of the molecule is O=C(CCOCCOCCNC(=O)CCN1C(=O)C=CC1=O)NCCN(CCNC(=O)CCOCCOCCNC(=O)CCN1C(=O)C=CC1=O)Cc1ccc(CN(CCNC(=O)CCOCCOCCNC(=O)CCN2C(=O)C=CC2=O)CCNC(=O)CCOCCOCCNC(=O)CCN2C(=O)C=CC2=O)cc1. The van der Waals surface area contributed by atoms with Crippen LogP contribution in [0.1, 0.15) is 62.5 Å². The van der Waals surface area contributed by atoms with Crippen LogP contribution in [0, 0.1) is 0 Å². The minimum Gasteiger partial charge on any atom is -0.379 e. The third-order valence-corrected chi connectivity index (χ3v) is 16.3. The Balaban J connectivity index is 1.03. The summed E-state index contributed by atoms with van der Waals surface area (Å²) in [5.74, 6) is -6.00. The Kier molecular flexibility index (Phi) is 45.1. The first kappa shape index (κ1) is 90.7. The molecule has 38 nitrogen and oxygen atoms in total. The minimum absolute atomic E-state index is 0.0238. The summed E-state index contributed by atoms with van der Waals surface area (Å²) in [5, 5.41) is 22.4. The normalized spacial score (nSPS) is 13.8. The van der Waals surface area contributed by atoms with Gasteiger partial charge in [0, 0.05) is 218 Å². The van der Waals surface area contributed by atoms with E-state index in [9.17, 15) is 76.7 Å². The number of nitrogens with zero attached hydrogens (tertiary/aromatic N) is 6. The molecule has 1 aromatic carbocycles. The molecule has 0 aromatic heterocycles. The van der Waals surface area contributed by atoms with Crippen LogP contribution in [-0.4, -0.2) is 334 Å². The van der Waals surface area contributed by atoms with Crippen molar-refractivity contribution in [3.05, 3.63) is 84.0 Å². The van der Waals surface area contributed by atoms with E-state index in [4.69, 9.17) is 37.9 Å². The van der Waals surface area contributed by atoms with Crippen LogP contribution < -0.4 is 42.5 Å². The van der Waals surface area contributed by atoms with Gasteiger partial charge in [-0.15, -0.1) is 0 Å². The maximum absolute atomic E-state index is 12.9. The lowest BCUT2D eigenvalue weighted by Crippen LogP contribution is -2.39. The summed E-state index contributed by atoms with van der Waals surface area (Å²) in [6, 6.07) is 7.90. The molecule has 5 rings (SSSR count). The lowest BCUT2D eigenvalue weighted by molar-refractivity contribution is -0.139. The highest BCUT2D eigenvalue weighted by atomic mass is 16.5. The fraction of sp³-hybridized carbons (Fsp3) is 0.583. The second-order valence-electron chi connectivity index (χ2n) is 24.7. The molecule has 0 atom stereocenters. The number of imide groups is 4. The molecule has 110 heavy (non-hydrogen) atoms. The van der Waals surface area contributed by atoms with Gasteiger partial charge >= 0.3 is 0 Å². The molecule has 8 N–H and O–H groups in total. The molecule has 4 heterocycles. The fourth-order valence-corrected chi connectivity index (χ4v) is 10.4. The molecular weight excluding hydrogens is 1440 g/mol. The first-order valence-electron chi connectivity index (χ1n) is 36.7. The van der Waals surface area contributed by atoms with Gasteiger partial charge in [0.1, 0.15) is 0 Å². The van der Waals surface area contributed by atoms with Crippen molar-refractivity contribution in [3.63, 3.8) is 0 Å². The van der Waals surface area contributed by atoms with Crippen molar-refractivity contribution in [2.24, 2.45) is 0 Å². The van der Waals surface area contributed by atoms with Gasteiger partial charge in [-0.3, -0.25) is 106 Å². The lowest BCUT2D eigenvalue weighted by Gasteiger charge is -2.24. The average molecular weight is 1550 g/mol. The standard InChI is InChI=1S/C72H104N14O24/c87-57(13-29-83-65(95)5-6-66(83)96)77-25-41-107-49-45-103-37-17-61(91)73-21-33-81(34-22-74-62(92)18-38-104-46-50-108-42-26-78-58(88)14-30-84-67(97)7-8-68(84)98)53-55-1-2-56(4-3-55)54-82(35-23-75-63(93)19-39-105-47-51-109-43-27-79-59(89)15-31-85-69(99)9-10-70(85)100)36-24-76-64(94)20-40-106-48-52-110-44-28-80-60(90)16-32-86-71(101)11-12-72(86)102/h1-12H,13-54H2,(H,73,91)(H,74,92)(H,75,93)(H,76,94)(H,77,87)(H,78,88)(H,79,89)(H,80,90). The zero-order chi connectivity index (χ0) is 79.4. The van der Waals surface area contributed by atoms with Crippen molar-refractivity contribution < 1.29 is 115 Å². The van der Waals surface area contributed by atoms with Gasteiger partial charge in [-0.1, -0.05) is 24.3 Å². The molecule has 0 saturated heterocycles. The van der Waals surface area contributed by atoms with Crippen LogP contribution in [0.2, 0.25) is 0 Å². The van der Waals surface area contributed by atoms with E-state index in [0.29, 0.717) is 39.3 Å². The maximum Gasteiger partial charge on any atom is 0.253 e. The number of hydrogen-bond donors (Lipinski definition) is 8. The monoisotopic (exact) mass is 1550 g/mol. The number of benzene rings is 1. The van der Waals surface area contributed by atoms with Gasteiger partial charge in [0.05, 0.1) is 106 Å². The van der Waals surface area contributed by atoms with Crippen LogP contribution in [0.25, 0.3) is 0 Å². The first-order chi connectivity index (χ1) is 53.2. The molecule has 0 radical (unpaired) electrons. The summed E-state index contributed by atoms with van der Waals surface area (Å²) in [7, 11) is 0. The number of hydrogen-bond acceptors (Lipinski definition) is 26. The molecular formula is C72H104N14O24. The molecule has 38 heteroatoms. The van der Waals surface area contributed by atoms with E-state index >= 15 is 0 Å². The summed E-state index contributed by atoms with van der Waals surface area (Å²) < 4.78 is 44.3. The van der Waals surface area contributed by atoms with Crippen molar-refractivity contribution >= 4 is 94.5 Å². The molecule has 4 aliphatic heterocycles. The Morgan fingerprint density at radius 1 is 0.236 bits per heavy atom. The van der Waals surface area contributed by atoms with Gasteiger partial charge in [-0.05, 0) is 11.1 Å². The first-order valence-corrected chi connectivity index (χ1v) is 36.7. The number of carbonyl (C=O) groups is 16. The third kappa shape index (κ3) is 40.0. The second kappa shape index (κ2) is 54.7. The molecule has 606 valence electrons. The number of nitrogens with one attached hydrogen (secondary N) is 8.